The number of hydrogen-bond donors (Lipinski definition) is 2. The number of alkyl halides is 3. The quantitative estimate of drug-likeness (QED) is 0.607. The van der Waals surface area contributed by atoms with Crippen LogP contribution in [0.2, 0.25) is 0 Å². The van der Waals surface area contributed by atoms with Crippen LogP contribution in [0.1, 0.15) is 17.7 Å². The molecule has 2 unspecified atom stereocenters. The lowest BCUT2D eigenvalue weighted by Gasteiger charge is -2.27. The van der Waals surface area contributed by atoms with Gasteiger partial charge in [0.25, 0.3) is 5.91 Å². The lowest BCUT2D eigenvalue weighted by Crippen LogP contribution is -2.44. The Hall–Kier alpha value is -3.47. The van der Waals surface area contributed by atoms with Crippen LogP contribution in [-0.2, 0) is 11.0 Å². The van der Waals surface area contributed by atoms with Crippen LogP contribution in [0.3, 0.4) is 0 Å². The van der Waals surface area contributed by atoms with E-state index in [9.17, 15) is 18.0 Å². The summed E-state index contributed by atoms with van der Waals surface area (Å²) >= 11 is 0. The molecule has 4 heterocycles. The Morgan fingerprint density at radius 3 is 2.64 bits per heavy atom. The van der Waals surface area contributed by atoms with Gasteiger partial charge in [0.2, 0.25) is 5.95 Å². The van der Waals surface area contributed by atoms with Crippen LogP contribution in [0.4, 0.5) is 24.9 Å². The lowest BCUT2D eigenvalue weighted by molar-refractivity contribution is -0.137. The number of hydrogen-bond acceptors (Lipinski definition) is 7. The van der Waals surface area contributed by atoms with E-state index < -0.39 is 17.6 Å². The molecule has 3 aromatic rings. The molecular formula is C22H21F3N6O2. The van der Waals surface area contributed by atoms with Crippen molar-refractivity contribution in [3.05, 3.63) is 47.7 Å². The molecule has 2 atom stereocenters. The molecule has 0 spiro atoms. The Balaban J connectivity index is 1.24. The number of pyridine rings is 1. The van der Waals surface area contributed by atoms with E-state index >= 15 is 0 Å². The first-order chi connectivity index (χ1) is 15.8. The van der Waals surface area contributed by atoms with Crippen molar-refractivity contribution in [1.82, 2.24) is 20.3 Å². The van der Waals surface area contributed by atoms with E-state index in [-0.39, 0.29) is 12.4 Å². The fourth-order valence-corrected chi connectivity index (χ4v) is 4.22. The summed E-state index contributed by atoms with van der Waals surface area (Å²) in [5, 5.41) is 6.09. The molecule has 2 aliphatic heterocycles. The molecular weight excluding hydrogens is 437 g/mol. The van der Waals surface area contributed by atoms with Crippen molar-refractivity contribution >= 4 is 28.7 Å². The maximum atomic E-state index is 12.6. The van der Waals surface area contributed by atoms with Crippen LogP contribution in [0.5, 0.6) is 5.75 Å². The van der Waals surface area contributed by atoms with Crippen LogP contribution in [0, 0.1) is 6.92 Å². The number of ether oxygens (including phenoxy) is 1. The summed E-state index contributed by atoms with van der Waals surface area (Å²) in [5.74, 6) is 0.676. The number of aromatic nitrogens is 3. The number of anilines is 2. The highest BCUT2D eigenvalue weighted by atomic mass is 19.4. The van der Waals surface area contributed by atoms with Gasteiger partial charge in [0.05, 0.1) is 16.8 Å². The average Bonchev–Trinajstić information content (AvgIpc) is 3.42. The van der Waals surface area contributed by atoms with Crippen molar-refractivity contribution in [3.63, 3.8) is 0 Å². The minimum absolute atomic E-state index is 0.159. The number of benzene rings is 1. The predicted molar refractivity (Wildman–Crippen MR) is 115 cm³/mol. The standard InChI is InChI=1S/C22H21F3N6O2/c1-12-20-17(28-21(27-12)31-10-14-8-15(31)9-26-14)6-7-18(30-20)29-19(32)11-33-16-4-2-13(3-5-16)22(23,24)25/h2-7,14-15,26H,8-11H2,1H3,(H,29,30,32). The minimum atomic E-state index is -4.43. The number of halogens is 3. The van der Waals surface area contributed by atoms with Crippen molar-refractivity contribution < 1.29 is 22.7 Å². The number of aryl methyl sites for hydroxylation is 1. The molecule has 172 valence electrons. The third kappa shape index (κ3) is 4.40. The van der Waals surface area contributed by atoms with Crippen molar-refractivity contribution in [3.8, 4) is 5.75 Å². The molecule has 5 rings (SSSR count). The highest BCUT2D eigenvalue weighted by Crippen LogP contribution is 2.30. The van der Waals surface area contributed by atoms with Gasteiger partial charge in [0.15, 0.2) is 6.61 Å². The maximum absolute atomic E-state index is 12.6. The SMILES string of the molecule is Cc1nc(N2CC3CC2CN3)nc2ccc(NC(=O)COc3ccc(C(F)(F)F)cc3)nc12. The van der Waals surface area contributed by atoms with Gasteiger partial charge in [-0.25, -0.2) is 15.0 Å². The third-order valence-electron chi connectivity index (χ3n) is 5.84. The Morgan fingerprint density at radius 2 is 1.97 bits per heavy atom. The van der Waals surface area contributed by atoms with Crippen LogP contribution in [-0.4, -0.2) is 52.6 Å². The molecule has 2 aliphatic rings. The molecule has 0 saturated carbocycles. The van der Waals surface area contributed by atoms with E-state index in [0.717, 1.165) is 31.6 Å². The molecule has 33 heavy (non-hydrogen) atoms. The molecule has 2 bridgehead atoms. The topological polar surface area (TPSA) is 92.3 Å². The van der Waals surface area contributed by atoms with Crippen LogP contribution in [0.25, 0.3) is 11.0 Å². The summed E-state index contributed by atoms with van der Waals surface area (Å²) in [4.78, 5) is 28.2. The number of rotatable bonds is 5. The van der Waals surface area contributed by atoms with Crippen LogP contribution in [0.15, 0.2) is 36.4 Å². The van der Waals surface area contributed by atoms with E-state index in [1.54, 1.807) is 12.1 Å². The first-order valence-electron chi connectivity index (χ1n) is 10.5. The van der Waals surface area contributed by atoms with E-state index in [4.69, 9.17) is 4.74 Å². The second-order valence-electron chi connectivity index (χ2n) is 8.18. The lowest BCUT2D eigenvalue weighted by atomic mass is 10.2. The maximum Gasteiger partial charge on any atom is 0.416 e. The molecule has 2 aromatic heterocycles. The largest absolute Gasteiger partial charge is 0.484 e. The molecule has 0 radical (unpaired) electrons. The smallest absolute Gasteiger partial charge is 0.416 e. The van der Waals surface area contributed by atoms with Gasteiger partial charge in [0.1, 0.15) is 17.1 Å². The summed E-state index contributed by atoms with van der Waals surface area (Å²) in [6.07, 6.45) is -3.33. The fraction of sp³-hybridized carbons (Fsp3) is 0.364. The number of fused-ring (bicyclic) bond motifs is 3. The molecule has 8 nitrogen and oxygen atoms in total. The van der Waals surface area contributed by atoms with Crippen molar-refractivity contribution in [2.75, 3.05) is 29.9 Å². The van der Waals surface area contributed by atoms with E-state index in [1.165, 1.54) is 12.1 Å². The number of nitrogens with one attached hydrogen (secondary N) is 2. The zero-order chi connectivity index (χ0) is 23.2. The second kappa shape index (κ2) is 8.14. The molecule has 2 saturated heterocycles. The first-order valence-corrected chi connectivity index (χ1v) is 10.5. The molecule has 0 aliphatic carbocycles. The molecule has 2 N–H and O–H groups in total. The fourth-order valence-electron chi connectivity index (χ4n) is 4.22. The van der Waals surface area contributed by atoms with Gasteiger partial charge in [-0.05, 0) is 49.7 Å². The number of amides is 1. The Morgan fingerprint density at radius 1 is 1.18 bits per heavy atom. The summed E-state index contributed by atoms with van der Waals surface area (Å²) < 4.78 is 43.1. The Labute approximate surface area is 187 Å². The van der Waals surface area contributed by atoms with E-state index in [0.29, 0.717) is 40.6 Å². The van der Waals surface area contributed by atoms with Gasteiger partial charge in [-0.15, -0.1) is 0 Å². The summed E-state index contributed by atoms with van der Waals surface area (Å²) in [7, 11) is 0. The zero-order valence-electron chi connectivity index (χ0n) is 17.7. The van der Waals surface area contributed by atoms with Crippen molar-refractivity contribution in [1.29, 1.82) is 0 Å². The highest BCUT2D eigenvalue weighted by molar-refractivity contribution is 5.92. The number of carbonyl (C=O) groups excluding carboxylic acids is 1. The molecule has 1 aromatic carbocycles. The van der Waals surface area contributed by atoms with Gasteiger partial charge < -0.3 is 20.3 Å². The number of nitrogens with zero attached hydrogens (tertiary/aromatic N) is 4. The Bertz CT molecular complexity index is 1200. The van der Waals surface area contributed by atoms with Gasteiger partial charge in [0, 0.05) is 25.2 Å². The van der Waals surface area contributed by atoms with Crippen LogP contribution < -0.4 is 20.3 Å². The minimum Gasteiger partial charge on any atom is -0.484 e. The zero-order valence-corrected chi connectivity index (χ0v) is 17.7. The predicted octanol–water partition coefficient (Wildman–Crippen LogP) is 2.92. The Kier molecular flexibility index (Phi) is 5.28. The van der Waals surface area contributed by atoms with E-state index in [1.807, 2.05) is 6.92 Å². The molecule has 1 amide bonds. The first kappa shape index (κ1) is 21.4. The monoisotopic (exact) mass is 458 g/mol. The summed E-state index contributed by atoms with van der Waals surface area (Å²) in [6, 6.07) is 8.46. The normalized spacial score (nSPS) is 19.8. The van der Waals surface area contributed by atoms with Crippen LogP contribution >= 0.6 is 0 Å². The van der Waals surface area contributed by atoms with Gasteiger partial charge in [-0.1, -0.05) is 0 Å². The third-order valence-corrected chi connectivity index (χ3v) is 5.84. The number of carbonyl (C=O) groups is 1. The van der Waals surface area contributed by atoms with Gasteiger partial charge in [-0.3, -0.25) is 4.79 Å². The van der Waals surface area contributed by atoms with Gasteiger partial charge >= 0.3 is 6.18 Å². The van der Waals surface area contributed by atoms with Crippen molar-refractivity contribution in [2.24, 2.45) is 0 Å². The number of piperazine rings is 1. The van der Waals surface area contributed by atoms with Gasteiger partial charge in [-0.2, -0.15) is 13.2 Å². The second-order valence-corrected chi connectivity index (χ2v) is 8.18. The van der Waals surface area contributed by atoms with E-state index in [2.05, 4.69) is 30.5 Å². The average molecular weight is 458 g/mol. The summed E-state index contributed by atoms with van der Waals surface area (Å²) in [6.45, 7) is 3.30. The highest BCUT2D eigenvalue weighted by Gasteiger charge is 2.39. The molecule has 2 fully saturated rings. The van der Waals surface area contributed by atoms with Crippen molar-refractivity contribution in [2.45, 2.75) is 31.6 Å². The molecule has 11 heteroatoms. The summed E-state index contributed by atoms with van der Waals surface area (Å²) in [5.41, 5.74) is 1.20.